The van der Waals surface area contributed by atoms with Gasteiger partial charge in [0.1, 0.15) is 5.75 Å². The van der Waals surface area contributed by atoms with Gasteiger partial charge in [-0.3, -0.25) is 0 Å². The van der Waals surface area contributed by atoms with E-state index in [1.54, 1.807) is 0 Å². The van der Waals surface area contributed by atoms with Crippen molar-refractivity contribution in [1.82, 2.24) is 0 Å². The van der Waals surface area contributed by atoms with Crippen molar-refractivity contribution in [2.75, 3.05) is 0 Å². The lowest BCUT2D eigenvalue weighted by molar-refractivity contribution is -0.0498. The van der Waals surface area contributed by atoms with Crippen molar-refractivity contribution in [1.29, 1.82) is 0 Å². The molecule has 0 amide bonds. The third-order valence-electron chi connectivity index (χ3n) is 1.00. The van der Waals surface area contributed by atoms with Crippen LogP contribution in [0, 0.1) is 6.07 Å². The van der Waals surface area contributed by atoms with Crippen molar-refractivity contribution < 1.29 is 13.5 Å². The van der Waals surface area contributed by atoms with Crippen molar-refractivity contribution >= 4 is 23.2 Å². The Labute approximate surface area is 77.8 Å². The van der Waals surface area contributed by atoms with Crippen LogP contribution in [0.2, 0.25) is 10.0 Å². The topological polar surface area (TPSA) is 9.23 Å². The lowest BCUT2D eigenvalue weighted by Gasteiger charge is -2.04. The van der Waals surface area contributed by atoms with Gasteiger partial charge in [-0.05, 0) is 12.1 Å². The predicted molar refractivity (Wildman–Crippen MR) is 41.9 cm³/mol. The number of hydrogen-bond donors (Lipinski definition) is 0. The molecule has 65 valence electrons. The quantitative estimate of drug-likeness (QED) is 0.729. The van der Waals surface area contributed by atoms with Crippen LogP contribution >= 0.6 is 23.2 Å². The Kier molecular flexibility index (Phi) is 3.12. The predicted octanol–water partition coefficient (Wildman–Crippen LogP) is 3.39. The largest absolute Gasteiger partial charge is 0.435 e. The number of halogens is 4. The number of benzene rings is 1. The molecule has 0 aliphatic heterocycles. The Balaban J connectivity index is 2.85. The van der Waals surface area contributed by atoms with E-state index < -0.39 is 6.61 Å². The minimum Gasteiger partial charge on any atom is -0.435 e. The molecule has 0 aromatic heterocycles. The fourth-order valence-electron chi connectivity index (χ4n) is 0.649. The maximum absolute atomic E-state index is 11.7. The molecule has 0 aliphatic carbocycles. The highest BCUT2D eigenvalue weighted by Gasteiger charge is 2.05. The van der Waals surface area contributed by atoms with E-state index in [0.29, 0.717) is 0 Å². The molecule has 0 saturated carbocycles. The first-order valence-corrected chi connectivity index (χ1v) is 3.66. The molecular weight excluding hydrogens is 209 g/mol. The van der Waals surface area contributed by atoms with E-state index in [-0.39, 0.29) is 15.8 Å². The summed E-state index contributed by atoms with van der Waals surface area (Å²) in [5.41, 5.74) is 0. The molecule has 1 rings (SSSR count). The molecule has 0 heterocycles. The first-order chi connectivity index (χ1) is 5.58. The van der Waals surface area contributed by atoms with Gasteiger partial charge in [-0.1, -0.05) is 23.2 Å². The maximum Gasteiger partial charge on any atom is 0.387 e. The lowest BCUT2D eigenvalue weighted by atomic mass is 10.3. The van der Waals surface area contributed by atoms with Crippen LogP contribution in [-0.4, -0.2) is 6.61 Å². The Hall–Kier alpha value is -0.540. The highest BCUT2D eigenvalue weighted by molar-refractivity contribution is 6.34. The van der Waals surface area contributed by atoms with Crippen LogP contribution in [0.15, 0.2) is 12.1 Å². The molecule has 0 unspecified atom stereocenters. The Morgan fingerprint density at radius 2 is 1.75 bits per heavy atom. The zero-order chi connectivity index (χ0) is 9.14. The molecule has 0 spiro atoms. The second kappa shape index (κ2) is 3.92. The Bertz CT molecular complexity index is 258. The van der Waals surface area contributed by atoms with Crippen molar-refractivity contribution in [3.8, 4) is 5.75 Å². The van der Waals surface area contributed by atoms with Crippen molar-refractivity contribution in [2.24, 2.45) is 0 Å². The van der Waals surface area contributed by atoms with Gasteiger partial charge in [0.15, 0.2) is 0 Å². The highest BCUT2D eigenvalue weighted by atomic mass is 35.5. The molecule has 1 nitrogen and oxygen atoms in total. The summed E-state index contributed by atoms with van der Waals surface area (Å²) in [6.07, 6.45) is 0. The van der Waals surface area contributed by atoms with Crippen LogP contribution in [0.3, 0.4) is 0 Å². The normalized spacial score (nSPS) is 10.4. The average Bonchev–Trinajstić information content (AvgIpc) is 1.81. The van der Waals surface area contributed by atoms with Gasteiger partial charge in [0.25, 0.3) is 0 Å². The van der Waals surface area contributed by atoms with E-state index in [1.165, 1.54) is 12.1 Å². The summed E-state index contributed by atoms with van der Waals surface area (Å²) in [5.74, 6) is -0.0706. The molecule has 0 bridgehead atoms. The maximum atomic E-state index is 11.7. The molecule has 0 fully saturated rings. The van der Waals surface area contributed by atoms with Gasteiger partial charge in [-0.25, -0.2) is 0 Å². The van der Waals surface area contributed by atoms with Crippen LogP contribution in [0.4, 0.5) is 8.78 Å². The highest BCUT2D eigenvalue weighted by Crippen LogP contribution is 2.24. The van der Waals surface area contributed by atoms with Crippen molar-refractivity contribution in [2.45, 2.75) is 6.61 Å². The molecule has 12 heavy (non-hydrogen) atoms. The van der Waals surface area contributed by atoms with Gasteiger partial charge in [-0.15, -0.1) is 0 Å². The summed E-state index contributed by atoms with van der Waals surface area (Å²) in [6.45, 7) is -2.88. The molecule has 0 aliphatic rings. The molecule has 0 N–H and O–H groups in total. The molecular formula is C7H3Cl2F2O. The third kappa shape index (κ3) is 2.83. The summed E-state index contributed by atoms with van der Waals surface area (Å²) < 4.78 is 27.4. The first-order valence-electron chi connectivity index (χ1n) is 2.91. The molecule has 5 heteroatoms. The van der Waals surface area contributed by atoms with Crippen molar-refractivity contribution in [3.63, 3.8) is 0 Å². The van der Waals surface area contributed by atoms with E-state index in [9.17, 15) is 8.78 Å². The number of hydrogen-bond acceptors (Lipinski definition) is 1. The Morgan fingerprint density at radius 1 is 1.25 bits per heavy atom. The third-order valence-corrected chi connectivity index (χ3v) is 1.41. The van der Waals surface area contributed by atoms with E-state index >= 15 is 0 Å². The van der Waals surface area contributed by atoms with Gasteiger partial charge in [0, 0.05) is 6.07 Å². The number of alkyl halides is 2. The molecule has 1 radical (unpaired) electrons. The van der Waals surface area contributed by atoms with Gasteiger partial charge in [0.05, 0.1) is 10.0 Å². The zero-order valence-electron chi connectivity index (χ0n) is 5.65. The van der Waals surface area contributed by atoms with Crippen LogP contribution in [0.25, 0.3) is 0 Å². The van der Waals surface area contributed by atoms with E-state index in [1.807, 2.05) is 0 Å². The van der Waals surface area contributed by atoms with Gasteiger partial charge in [0.2, 0.25) is 0 Å². The summed E-state index contributed by atoms with van der Waals surface area (Å²) in [5, 5.41) is 0.274. The van der Waals surface area contributed by atoms with E-state index in [4.69, 9.17) is 23.2 Å². The fourth-order valence-corrected chi connectivity index (χ4v) is 1.12. The fraction of sp³-hybridized carbons (Fsp3) is 0.143. The number of ether oxygens (including phenoxy) is 1. The average molecular weight is 212 g/mol. The van der Waals surface area contributed by atoms with Crippen LogP contribution in [-0.2, 0) is 0 Å². The molecule has 1 aromatic rings. The molecule has 1 aromatic carbocycles. The Morgan fingerprint density at radius 3 is 2.17 bits per heavy atom. The molecule has 0 atom stereocenters. The summed E-state index contributed by atoms with van der Waals surface area (Å²) >= 11 is 10.9. The van der Waals surface area contributed by atoms with E-state index in [2.05, 4.69) is 10.8 Å². The van der Waals surface area contributed by atoms with Crippen molar-refractivity contribution in [3.05, 3.63) is 28.2 Å². The first kappa shape index (κ1) is 9.55. The minimum absolute atomic E-state index is 0.0706. The summed E-state index contributed by atoms with van der Waals surface area (Å²) in [7, 11) is 0. The SMILES string of the molecule is FC(F)Oc1cc(Cl)[c]c(Cl)c1. The van der Waals surface area contributed by atoms with Gasteiger partial charge in [-0.2, -0.15) is 8.78 Å². The van der Waals surface area contributed by atoms with Gasteiger partial charge < -0.3 is 4.74 Å². The monoisotopic (exact) mass is 211 g/mol. The zero-order valence-corrected chi connectivity index (χ0v) is 7.16. The number of rotatable bonds is 2. The summed E-state index contributed by atoms with van der Waals surface area (Å²) in [4.78, 5) is 0. The standard InChI is InChI=1S/C7H3Cl2F2O/c8-4-1-5(9)3-6(2-4)12-7(10)11/h2-3,7H. The lowest BCUT2D eigenvalue weighted by Crippen LogP contribution is -2.01. The van der Waals surface area contributed by atoms with Crippen LogP contribution in [0.1, 0.15) is 0 Å². The second-order valence-corrected chi connectivity index (χ2v) is 2.70. The van der Waals surface area contributed by atoms with Gasteiger partial charge >= 0.3 is 6.61 Å². The minimum atomic E-state index is -2.88. The van der Waals surface area contributed by atoms with Crippen LogP contribution in [0.5, 0.6) is 5.75 Å². The smallest absolute Gasteiger partial charge is 0.387 e. The molecule has 0 saturated heterocycles. The van der Waals surface area contributed by atoms with Crippen LogP contribution < -0.4 is 4.74 Å². The summed E-state index contributed by atoms with van der Waals surface area (Å²) in [6, 6.07) is 4.91. The van der Waals surface area contributed by atoms with E-state index in [0.717, 1.165) is 0 Å². The second-order valence-electron chi connectivity index (χ2n) is 1.89.